The molecule has 0 amide bonds. The molecule has 1 N–H and O–H groups in total. The third-order valence-electron chi connectivity index (χ3n) is 4.61. The molecule has 0 aromatic carbocycles. The van der Waals surface area contributed by atoms with E-state index in [-0.39, 0.29) is 11.9 Å². The summed E-state index contributed by atoms with van der Waals surface area (Å²) in [5.41, 5.74) is 0.451. The minimum atomic E-state index is -0.596. The summed E-state index contributed by atoms with van der Waals surface area (Å²) in [5.74, 6) is 1.24. The van der Waals surface area contributed by atoms with E-state index in [1.807, 2.05) is 23.9 Å². The number of carbonyl (C=O) groups is 1. The van der Waals surface area contributed by atoms with Crippen LogP contribution in [-0.4, -0.2) is 45.3 Å². The zero-order valence-electron chi connectivity index (χ0n) is 14.6. The number of rotatable bonds is 5. The number of imidazole rings is 1. The summed E-state index contributed by atoms with van der Waals surface area (Å²) in [6.07, 6.45) is 6.43. The number of aryl methyl sites for hydroxylation is 1. The number of hydrogen-bond donors (Lipinski definition) is 1. The van der Waals surface area contributed by atoms with E-state index in [1.165, 1.54) is 0 Å². The van der Waals surface area contributed by atoms with Gasteiger partial charge in [0.1, 0.15) is 17.7 Å². The summed E-state index contributed by atoms with van der Waals surface area (Å²) < 4.78 is 6.84. The number of aliphatic hydroxyl groups is 1. The van der Waals surface area contributed by atoms with Crippen molar-refractivity contribution in [1.82, 2.24) is 14.5 Å². The number of piperidine rings is 1. The van der Waals surface area contributed by atoms with Crippen LogP contribution in [0.15, 0.2) is 30.7 Å². The van der Waals surface area contributed by atoms with E-state index in [2.05, 4.69) is 14.9 Å². The Hall–Kier alpha value is -2.41. The fourth-order valence-corrected chi connectivity index (χ4v) is 3.26. The summed E-state index contributed by atoms with van der Waals surface area (Å²) in [6.45, 7) is 3.72. The van der Waals surface area contributed by atoms with Crippen LogP contribution in [0.25, 0.3) is 0 Å². The largest absolute Gasteiger partial charge is 0.462 e. The van der Waals surface area contributed by atoms with Crippen molar-refractivity contribution in [2.24, 2.45) is 13.0 Å². The molecule has 0 spiro atoms. The van der Waals surface area contributed by atoms with E-state index >= 15 is 0 Å². The molecular formula is C18H24N4O3. The number of aliphatic hydroxyl groups excluding tert-OH is 1. The van der Waals surface area contributed by atoms with Crippen molar-refractivity contribution in [3.63, 3.8) is 0 Å². The highest BCUT2D eigenvalue weighted by molar-refractivity contribution is 5.89. The van der Waals surface area contributed by atoms with Crippen LogP contribution in [0.4, 0.5) is 5.82 Å². The lowest BCUT2D eigenvalue weighted by Crippen LogP contribution is -2.38. The predicted molar refractivity (Wildman–Crippen MR) is 93.3 cm³/mol. The topological polar surface area (TPSA) is 80.5 Å². The first kappa shape index (κ1) is 17.4. The predicted octanol–water partition coefficient (Wildman–Crippen LogP) is 1.94. The summed E-state index contributed by atoms with van der Waals surface area (Å²) >= 11 is 0. The van der Waals surface area contributed by atoms with E-state index in [0.29, 0.717) is 24.5 Å². The van der Waals surface area contributed by atoms with Gasteiger partial charge in [0.25, 0.3) is 0 Å². The average molecular weight is 344 g/mol. The molecule has 2 aromatic heterocycles. The molecule has 1 fully saturated rings. The molecule has 0 bridgehead atoms. The Morgan fingerprint density at radius 3 is 2.92 bits per heavy atom. The molecular weight excluding hydrogens is 320 g/mol. The standard InChI is InChI=1S/C18H24N4O3/c1-3-25-18(24)13-6-7-15(20-11-13)22-9-4-5-14(12-22)16(23)17-19-8-10-21(17)2/h6-8,10-11,14,16,23H,3-5,9,12H2,1-2H3. The van der Waals surface area contributed by atoms with Crippen LogP contribution in [0.5, 0.6) is 0 Å². The summed E-state index contributed by atoms with van der Waals surface area (Å²) in [5, 5.41) is 10.7. The van der Waals surface area contributed by atoms with Gasteiger partial charge in [-0.3, -0.25) is 0 Å². The van der Waals surface area contributed by atoms with Crippen LogP contribution in [0.3, 0.4) is 0 Å². The number of hydrogen-bond acceptors (Lipinski definition) is 6. The molecule has 0 aliphatic carbocycles. The highest BCUT2D eigenvalue weighted by atomic mass is 16.5. The quantitative estimate of drug-likeness (QED) is 0.835. The number of esters is 1. The molecule has 1 aliphatic heterocycles. The Morgan fingerprint density at radius 2 is 2.28 bits per heavy atom. The minimum Gasteiger partial charge on any atom is -0.462 e. The molecule has 7 heteroatoms. The van der Waals surface area contributed by atoms with Crippen LogP contribution in [0.1, 0.15) is 42.1 Å². The van der Waals surface area contributed by atoms with Gasteiger partial charge in [-0.15, -0.1) is 0 Å². The molecule has 0 saturated carbocycles. The fourth-order valence-electron chi connectivity index (χ4n) is 3.26. The van der Waals surface area contributed by atoms with Gasteiger partial charge in [-0.1, -0.05) is 0 Å². The number of anilines is 1. The first-order valence-corrected chi connectivity index (χ1v) is 8.63. The Morgan fingerprint density at radius 1 is 1.44 bits per heavy atom. The molecule has 0 radical (unpaired) electrons. The summed E-state index contributed by atoms with van der Waals surface area (Å²) in [4.78, 5) is 22.5. The molecule has 7 nitrogen and oxygen atoms in total. The van der Waals surface area contributed by atoms with E-state index in [9.17, 15) is 9.90 Å². The lowest BCUT2D eigenvalue weighted by atomic mass is 9.92. The van der Waals surface area contributed by atoms with Crippen molar-refractivity contribution in [1.29, 1.82) is 0 Å². The Balaban J connectivity index is 1.69. The van der Waals surface area contributed by atoms with Crippen molar-refractivity contribution in [2.45, 2.75) is 25.9 Å². The molecule has 2 aromatic rings. The minimum absolute atomic E-state index is 0.0985. The number of ether oxygens (including phenoxy) is 1. The second kappa shape index (κ2) is 7.65. The lowest BCUT2D eigenvalue weighted by Gasteiger charge is -2.35. The van der Waals surface area contributed by atoms with E-state index in [4.69, 9.17) is 4.74 Å². The number of nitrogens with zero attached hydrogens (tertiary/aromatic N) is 4. The van der Waals surface area contributed by atoms with Crippen molar-refractivity contribution in [3.8, 4) is 0 Å². The third kappa shape index (κ3) is 3.82. The highest BCUT2D eigenvalue weighted by Crippen LogP contribution is 2.30. The molecule has 3 rings (SSSR count). The molecule has 2 atom stereocenters. The van der Waals surface area contributed by atoms with Gasteiger partial charge in [0.2, 0.25) is 0 Å². The van der Waals surface area contributed by atoms with Gasteiger partial charge in [0.15, 0.2) is 0 Å². The van der Waals surface area contributed by atoms with Crippen molar-refractivity contribution in [3.05, 3.63) is 42.1 Å². The van der Waals surface area contributed by atoms with E-state index in [1.54, 1.807) is 25.4 Å². The smallest absolute Gasteiger partial charge is 0.339 e. The Labute approximate surface area is 147 Å². The number of pyridine rings is 1. The van der Waals surface area contributed by atoms with Crippen molar-refractivity contribution < 1.29 is 14.6 Å². The Kier molecular flexibility index (Phi) is 5.33. The van der Waals surface area contributed by atoms with Gasteiger partial charge in [0.05, 0.1) is 12.2 Å². The fraction of sp³-hybridized carbons (Fsp3) is 0.500. The molecule has 134 valence electrons. The maximum atomic E-state index is 11.7. The summed E-state index contributed by atoms with van der Waals surface area (Å²) in [6, 6.07) is 3.57. The molecule has 2 unspecified atom stereocenters. The highest BCUT2D eigenvalue weighted by Gasteiger charge is 2.29. The van der Waals surface area contributed by atoms with Gasteiger partial charge >= 0.3 is 5.97 Å². The van der Waals surface area contributed by atoms with Crippen LogP contribution in [-0.2, 0) is 11.8 Å². The number of carbonyl (C=O) groups excluding carboxylic acids is 1. The zero-order valence-corrected chi connectivity index (χ0v) is 14.6. The van der Waals surface area contributed by atoms with Crippen LogP contribution in [0.2, 0.25) is 0 Å². The van der Waals surface area contributed by atoms with Crippen LogP contribution < -0.4 is 4.90 Å². The second-order valence-corrected chi connectivity index (χ2v) is 6.32. The van der Waals surface area contributed by atoms with Gasteiger partial charge in [-0.05, 0) is 31.9 Å². The van der Waals surface area contributed by atoms with E-state index in [0.717, 1.165) is 25.2 Å². The van der Waals surface area contributed by atoms with Gasteiger partial charge in [-0.25, -0.2) is 14.8 Å². The first-order valence-electron chi connectivity index (χ1n) is 8.63. The normalized spacial score (nSPS) is 18.8. The lowest BCUT2D eigenvalue weighted by molar-refractivity contribution is 0.0526. The van der Waals surface area contributed by atoms with Gasteiger partial charge in [0, 0.05) is 44.6 Å². The average Bonchev–Trinajstić information content (AvgIpc) is 3.07. The van der Waals surface area contributed by atoms with Crippen molar-refractivity contribution in [2.75, 3.05) is 24.6 Å². The van der Waals surface area contributed by atoms with Crippen LogP contribution >= 0.6 is 0 Å². The maximum Gasteiger partial charge on any atom is 0.339 e. The molecule has 3 heterocycles. The third-order valence-corrected chi connectivity index (χ3v) is 4.61. The molecule has 25 heavy (non-hydrogen) atoms. The monoisotopic (exact) mass is 344 g/mol. The van der Waals surface area contributed by atoms with Crippen molar-refractivity contribution >= 4 is 11.8 Å². The number of aromatic nitrogens is 3. The first-order chi connectivity index (χ1) is 12.1. The second-order valence-electron chi connectivity index (χ2n) is 6.32. The maximum absolute atomic E-state index is 11.7. The molecule has 1 saturated heterocycles. The van der Waals surface area contributed by atoms with E-state index < -0.39 is 6.10 Å². The Bertz CT molecular complexity index is 713. The zero-order chi connectivity index (χ0) is 17.8. The molecule has 1 aliphatic rings. The summed E-state index contributed by atoms with van der Waals surface area (Å²) in [7, 11) is 1.89. The van der Waals surface area contributed by atoms with Gasteiger partial charge in [-0.2, -0.15) is 0 Å². The SMILES string of the molecule is CCOC(=O)c1ccc(N2CCCC(C(O)c3nccn3C)C2)nc1. The van der Waals surface area contributed by atoms with Gasteiger partial charge < -0.3 is 19.3 Å². The van der Waals surface area contributed by atoms with Crippen LogP contribution in [0, 0.1) is 5.92 Å².